The van der Waals surface area contributed by atoms with E-state index in [1.54, 1.807) is 4.90 Å². The van der Waals surface area contributed by atoms with E-state index >= 15 is 0 Å². The molecule has 1 amide bonds. The lowest BCUT2D eigenvalue weighted by molar-refractivity contribution is -0.141. The molecule has 3 atom stereocenters. The van der Waals surface area contributed by atoms with E-state index in [9.17, 15) is 9.90 Å². The van der Waals surface area contributed by atoms with E-state index in [0.717, 1.165) is 6.42 Å². The molecule has 0 radical (unpaired) electrons. The molecule has 1 aliphatic heterocycles. The molecule has 0 aromatic carbocycles. The van der Waals surface area contributed by atoms with Gasteiger partial charge < -0.3 is 14.7 Å². The Hall–Kier alpha value is -0.770. The van der Waals surface area contributed by atoms with Crippen LogP contribution in [0.3, 0.4) is 0 Å². The second-order valence-electron chi connectivity index (χ2n) is 6.84. The molecule has 4 nitrogen and oxygen atoms in total. The molecule has 17 heavy (non-hydrogen) atoms. The van der Waals surface area contributed by atoms with Gasteiger partial charge in [-0.1, -0.05) is 13.8 Å². The lowest BCUT2D eigenvalue weighted by Gasteiger charge is -2.54. The van der Waals surface area contributed by atoms with Crippen molar-refractivity contribution in [1.82, 2.24) is 4.90 Å². The summed E-state index contributed by atoms with van der Waals surface area (Å²) in [6, 6.07) is 0.132. The molecular formula is C13H23NO3. The van der Waals surface area contributed by atoms with E-state index in [1.165, 1.54) is 0 Å². The summed E-state index contributed by atoms with van der Waals surface area (Å²) in [6.07, 6.45) is 0.346. The van der Waals surface area contributed by atoms with Crippen LogP contribution in [0.15, 0.2) is 0 Å². The fourth-order valence-electron chi connectivity index (χ4n) is 3.23. The van der Waals surface area contributed by atoms with Gasteiger partial charge in [0.1, 0.15) is 5.60 Å². The third kappa shape index (κ3) is 1.92. The predicted molar refractivity (Wildman–Crippen MR) is 64.6 cm³/mol. The number of ether oxygens (including phenoxy) is 1. The molecule has 1 saturated heterocycles. The third-order valence-corrected chi connectivity index (χ3v) is 4.00. The molecule has 4 heteroatoms. The molecule has 98 valence electrons. The van der Waals surface area contributed by atoms with Crippen LogP contribution in [0, 0.1) is 11.3 Å². The van der Waals surface area contributed by atoms with Crippen LogP contribution >= 0.6 is 0 Å². The zero-order valence-corrected chi connectivity index (χ0v) is 11.4. The average Bonchev–Trinajstić information content (AvgIpc) is 2.56. The Morgan fingerprint density at radius 3 is 2.53 bits per heavy atom. The number of likely N-dealkylation sites (tertiary alicyclic amines) is 1. The summed E-state index contributed by atoms with van der Waals surface area (Å²) >= 11 is 0. The zero-order chi connectivity index (χ0) is 13.0. The molecule has 1 N–H and O–H groups in total. The molecule has 0 unspecified atom stereocenters. The van der Waals surface area contributed by atoms with Gasteiger partial charge in [0, 0.05) is 23.9 Å². The molecule has 0 aromatic rings. The SMILES string of the molecule is CC(C)(C)OC(=O)N1CC[C@@H]2[C@H](O)C(C)(C)[C@@H]21. The smallest absolute Gasteiger partial charge is 0.410 e. The van der Waals surface area contributed by atoms with Gasteiger partial charge in [-0.05, 0) is 27.2 Å². The topological polar surface area (TPSA) is 49.8 Å². The minimum atomic E-state index is -0.457. The number of nitrogens with zero attached hydrogens (tertiary/aromatic N) is 1. The summed E-state index contributed by atoms with van der Waals surface area (Å²) in [5, 5.41) is 10.00. The summed E-state index contributed by atoms with van der Waals surface area (Å²) in [7, 11) is 0. The average molecular weight is 241 g/mol. The number of carbonyl (C=O) groups is 1. The minimum Gasteiger partial charge on any atom is -0.444 e. The van der Waals surface area contributed by atoms with Crippen LogP contribution in [0.5, 0.6) is 0 Å². The highest BCUT2D eigenvalue weighted by atomic mass is 16.6. The Morgan fingerprint density at radius 2 is 2.00 bits per heavy atom. The van der Waals surface area contributed by atoms with Gasteiger partial charge in [0.25, 0.3) is 0 Å². The van der Waals surface area contributed by atoms with E-state index in [0.29, 0.717) is 6.54 Å². The Balaban J connectivity index is 2.07. The second kappa shape index (κ2) is 3.61. The number of rotatable bonds is 0. The molecule has 2 aliphatic rings. The van der Waals surface area contributed by atoms with Crippen molar-refractivity contribution in [3.8, 4) is 0 Å². The standard InChI is InChI=1S/C13H23NO3/c1-12(2,3)17-11(16)14-7-6-8-9(14)13(4,5)10(8)15/h8-10,15H,6-7H2,1-5H3/t8-,9+,10-/m0/s1. The van der Waals surface area contributed by atoms with Crippen molar-refractivity contribution in [3.05, 3.63) is 0 Å². The maximum absolute atomic E-state index is 12.1. The highest BCUT2D eigenvalue weighted by Crippen LogP contribution is 2.53. The molecule has 2 rings (SSSR count). The quantitative estimate of drug-likeness (QED) is 0.706. The monoisotopic (exact) mass is 241 g/mol. The number of amides is 1. The van der Waals surface area contributed by atoms with E-state index in [-0.39, 0.29) is 29.6 Å². The zero-order valence-electron chi connectivity index (χ0n) is 11.4. The lowest BCUT2D eigenvalue weighted by Crippen LogP contribution is -2.65. The maximum Gasteiger partial charge on any atom is 0.410 e. The van der Waals surface area contributed by atoms with E-state index < -0.39 is 5.60 Å². The summed E-state index contributed by atoms with van der Waals surface area (Å²) in [4.78, 5) is 13.9. The predicted octanol–water partition coefficient (Wildman–Crippen LogP) is 2.01. The Labute approximate surface area is 103 Å². The highest BCUT2D eigenvalue weighted by Gasteiger charge is 2.62. The Morgan fingerprint density at radius 1 is 1.41 bits per heavy atom. The minimum absolute atomic E-state index is 0.132. The molecule has 1 heterocycles. The van der Waals surface area contributed by atoms with Crippen LogP contribution in [0.2, 0.25) is 0 Å². The Kier molecular flexibility index (Phi) is 2.69. The van der Waals surface area contributed by atoms with Crippen LogP contribution in [0.25, 0.3) is 0 Å². The third-order valence-electron chi connectivity index (χ3n) is 4.00. The number of aliphatic hydroxyl groups excluding tert-OH is 1. The van der Waals surface area contributed by atoms with Crippen molar-refractivity contribution in [2.75, 3.05) is 6.54 Å². The molecule has 1 aliphatic carbocycles. The number of hydrogen-bond acceptors (Lipinski definition) is 3. The molecule has 2 fully saturated rings. The summed E-state index contributed by atoms with van der Waals surface area (Å²) in [5.74, 6) is 0.234. The molecular weight excluding hydrogens is 218 g/mol. The van der Waals surface area contributed by atoms with E-state index in [2.05, 4.69) is 0 Å². The lowest BCUT2D eigenvalue weighted by atomic mass is 9.58. The van der Waals surface area contributed by atoms with Crippen molar-refractivity contribution in [3.63, 3.8) is 0 Å². The number of aliphatic hydroxyl groups is 1. The van der Waals surface area contributed by atoms with Crippen LogP contribution in [-0.4, -0.2) is 40.4 Å². The summed E-state index contributed by atoms with van der Waals surface area (Å²) < 4.78 is 5.41. The van der Waals surface area contributed by atoms with Gasteiger partial charge in [-0.3, -0.25) is 0 Å². The van der Waals surface area contributed by atoms with Gasteiger partial charge >= 0.3 is 6.09 Å². The number of fused-ring (bicyclic) bond motifs is 1. The van der Waals surface area contributed by atoms with Crippen molar-refractivity contribution < 1.29 is 14.6 Å². The van der Waals surface area contributed by atoms with Gasteiger partial charge in [-0.15, -0.1) is 0 Å². The first kappa shape index (κ1) is 12.7. The van der Waals surface area contributed by atoms with Gasteiger partial charge in [0.05, 0.1) is 6.10 Å². The largest absolute Gasteiger partial charge is 0.444 e. The summed E-state index contributed by atoms with van der Waals surface area (Å²) in [5.41, 5.74) is -0.667. The van der Waals surface area contributed by atoms with Gasteiger partial charge in [0.2, 0.25) is 0 Å². The van der Waals surface area contributed by atoms with E-state index in [4.69, 9.17) is 4.74 Å². The molecule has 0 aromatic heterocycles. The molecule has 1 saturated carbocycles. The fourth-order valence-corrected chi connectivity index (χ4v) is 3.23. The van der Waals surface area contributed by atoms with Gasteiger partial charge in [0.15, 0.2) is 0 Å². The first-order valence-corrected chi connectivity index (χ1v) is 6.32. The maximum atomic E-state index is 12.1. The van der Waals surface area contributed by atoms with Crippen molar-refractivity contribution in [2.45, 2.75) is 58.8 Å². The van der Waals surface area contributed by atoms with E-state index in [1.807, 2.05) is 34.6 Å². The number of carbonyl (C=O) groups excluding carboxylic acids is 1. The first-order valence-electron chi connectivity index (χ1n) is 6.32. The van der Waals surface area contributed by atoms with Crippen LogP contribution < -0.4 is 0 Å². The number of hydrogen-bond donors (Lipinski definition) is 1. The molecule has 0 spiro atoms. The first-order chi connectivity index (χ1) is 7.64. The van der Waals surface area contributed by atoms with Crippen molar-refractivity contribution in [2.24, 2.45) is 11.3 Å². The Bertz CT molecular complexity index is 332. The van der Waals surface area contributed by atoms with Gasteiger partial charge in [-0.25, -0.2) is 4.79 Å². The van der Waals surface area contributed by atoms with Gasteiger partial charge in [-0.2, -0.15) is 0 Å². The second-order valence-corrected chi connectivity index (χ2v) is 6.84. The highest BCUT2D eigenvalue weighted by molar-refractivity contribution is 5.69. The fraction of sp³-hybridized carbons (Fsp3) is 0.923. The van der Waals surface area contributed by atoms with Crippen molar-refractivity contribution in [1.29, 1.82) is 0 Å². The van der Waals surface area contributed by atoms with Crippen LogP contribution in [0.1, 0.15) is 41.0 Å². The van der Waals surface area contributed by atoms with Crippen molar-refractivity contribution >= 4 is 6.09 Å². The molecule has 0 bridgehead atoms. The summed E-state index contributed by atoms with van der Waals surface area (Å²) in [6.45, 7) is 10.4. The van der Waals surface area contributed by atoms with Crippen LogP contribution in [0.4, 0.5) is 4.79 Å². The normalized spacial score (nSPS) is 35.2. The van der Waals surface area contributed by atoms with Crippen LogP contribution in [-0.2, 0) is 4.74 Å².